The Balaban J connectivity index is 1.63. The van der Waals surface area contributed by atoms with Gasteiger partial charge in [-0.05, 0) is 18.6 Å². The maximum Gasteiger partial charge on any atom is 0.353 e. The highest BCUT2D eigenvalue weighted by atomic mass is 32.2. The van der Waals surface area contributed by atoms with Crippen molar-refractivity contribution in [1.29, 1.82) is 0 Å². The minimum absolute atomic E-state index is 0.0133. The number of benzene rings is 1. The third-order valence-corrected chi connectivity index (χ3v) is 6.12. The van der Waals surface area contributed by atoms with Crippen LogP contribution in [-0.2, 0) is 14.4 Å². The van der Waals surface area contributed by atoms with E-state index in [1.54, 1.807) is 12.1 Å². The number of ketones is 1. The summed E-state index contributed by atoms with van der Waals surface area (Å²) >= 11 is 1.32. The maximum atomic E-state index is 12.5. The number of aliphatic carboxylic acids is 1. The molecule has 2 heterocycles. The molecular weight excluding hydrogens is 366 g/mol. The number of para-hydroxylation sites is 1. The van der Waals surface area contributed by atoms with Gasteiger partial charge in [-0.1, -0.05) is 49.7 Å². The first kappa shape index (κ1) is 19.5. The summed E-state index contributed by atoms with van der Waals surface area (Å²) in [6, 6.07) is 9.11. The fourth-order valence-electron chi connectivity index (χ4n) is 3.33. The van der Waals surface area contributed by atoms with Gasteiger partial charge >= 0.3 is 5.97 Å². The molecule has 0 spiro atoms. The second-order valence-corrected chi connectivity index (χ2v) is 7.91. The van der Waals surface area contributed by atoms with Crippen molar-refractivity contribution in [2.24, 2.45) is 5.92 Å². The van der Waals surface area contributed by atoms with Gasteiger partial charge in [0, 0.05) is 12.8 Å². The Bertz CT molecular complexity index is 761. The van der Waals surface area contributed by atoms with Gasteiger partial charge < -0.3 is 9.84 Å². The monoisotopic (exact) mass is 389 g/mol. The first-order valence-corrected chi connectivity index (χ1v) is 10.1. The summed E-state index contributed by atoms with van der Waals surface area (Å²) in [5.74, 6) is -1.14. The van der Waals surface area contributed by atoms with Crippen LogP contribution in [0.5, 0.6) is 5.75 Å². The summed E-state index contributed by atoms with van der Waals surface area (Å²) in [4.78, 5) is 38.1. The fourth-order valence-corrected chi connectivity index (χ4v) is 4.74. The highest BCUT2D eigenvalue weighted by molar-refractivity contribution is 8.04. The SMILES string of the molecule is CCCCCC(=O)C[C@@H]1C(=O)N2C(C(=O)O)=C(COc3ccccc3)S[C@H]12. The Morgan fingerprint density at radius 3 is 2.63 bits per heavy atom. The second-order valence-electron chi connectivity index (χ2n) is 6.70. The third kappa shape index (κ3) is 4.18. The van der Waals surface area contributed by atoms with E-state index in [0.717, 1.165) is 19.3 Å². The second kappa shape index (κ2) is 8.61. The predicted molar refractivity (Wildman–Crippen MR) is 102 cm³/mol. The number of fused-ring (bicyclic) bond motifs is 1. The van der Waals surface area contributed by atoms with Crippen molar-refractivity contribution in [3.63, 3.8) is 0 Å². The fraction of sp³-hybridized carbons (Fsp3) is 0.450. The van der Waals surface area contributed by atoms with E-state index in [1.807, 2.05) is 18.2 Å². The van der Waals surface area contributed by atoms with Crippen molar-refractivity contribution in [3.8, 4) is 5.75 Å². The van der Waals surface area contributed by atoms with Crippen LogP contribution in [0.15, 0.2) is 40.9 Å². The average Bonchev–Trinajstić information content (AvgIpc) is 3.01. The largest absolute Gasteiger partial charge is 0.488 e. The van der Waals surface area contributed by atoms with E-state index < -0.39 is 11.9 Å². The summed E-state index contributed by atoms with van der Waals surface area (Å²) in [5, 5.41) is 9.23. The van der Waals surface area contributed by atoms with Gasteiger partial charge in [0.25, 0.3) is 0 Å². The number of carbonyl (C=O) groups excluding carboxylic acids is 2. The molecule has 1 saturated heterocycles. The lowest BCUT2D eigenvalue weighted by atomic mass is 9.90. The van der Waals surface area contributed by atoms with E-state index in [4.69, 9.17) is 4.74 Å². The molecule has 2 aliphatic rings. The van der Waals surface area contributed by atoms with Crippen molar-refractivity contribution in [1.82, 2.24) is 4.90 Å². The summed E-state index contributed by atoms with van der Waals surface area (Å²) in [7, 11) is 0. The number of hydrogen-bond donors (Lipinski definition) is 1. The van der Waals surface area contributed by atoms with Crippen LogP contribution in [0.25, 0.3) is 0 Å². The van der Waals surface area contributed by atoms with Gasteiger partial charge in [-0.25, -0.2) is 4.79 Å². The van der Waals surface area contributed by atoms with E-state index >= 15 is 0 Å². The Kier molecular flexibility index (Phi) is 6.21. The number of carboxylic acids is 1. The molecule has 3 rings (SSSR count). The Hall–Kier alpha value is -2.28. The van der Waals surface area contributed by atoms with Crippen LogP contribution in [-0.4, -0.2) is 39.6 Å². The number of rotatable bonds is 10. The lowest BCUT2D eigenvalue weighted by Gasteiger charge is -2.42. The number of carboxylic acid groups (broad SMARTS) is 1. The molecule has 1 N–H and O–H groups in total. The molecule has 1 fully saturated rings. The summed E-state index contributed by atoms with van der Waals surface area (Å²) in [6.45, 7) is 2.17. The normalized spacial score (nSPS) is 21.1. The molecule has 7 heteroatoms. The van der Waals surface area contributed by atoms with Crippen molar-refractivity contribution < 1.29 is 24.2 Å². The van der Waals surface area contributed by atoms with Crippen LogP contribution in [0.1, 0.15) is 39.0 Å². The molecule has 1 aromatic rings. The molecule has 2 aliphatic heterocycles. The topological polar surface area (TPSA) is 83.9 Å². The van der Waals surface area contributed by atoms with Gasteiger partial charge in [0.15, 0.2) is 0 Å². The average molecular weight is 389 g/mol. The number of β-lactam (4-membered cyclic amide) rings is 1. The van der Waals surface area contributed by atoms with Crippen molar-refractivity contribution in [2.75, 3.05) is 6.61 Å². The molecule has 2 atom stereocenters. The first-order valence-electron chi connectivity index (χ1n) is 9.18. The van der Waals surface area contributed by atoms with E-state index in [2.05, 4.69) is 6.92 Å². The number of ether oxygens (including phenoxy) is 1. The first-order chi connectivity index (χ1) is 13.0. The number of amides is 1. The Labute approximate surface area is 162 Å². The quantitative estimate of drug-likeness (QED) is 0.487. The standard InChI is InChI=1S/C20H23NO5S/c1-2-3-5-8-13(22)11-15-18(23)21-17(20(24)25)16(27-19(15)21)12-26-14-9-6-4-7-10-14/h4,6-7,9-10,15,19H,2-3,5,8,11-12H2,1H3,(H,24,25)/t15-,19-/m1/s1. The van der Waals surface area contributed by atoms with Crippen LogP contribution in [0, 0.1) is 5.92 Å². The van der Waals surface area contributed by atoms with Crippen molar-refractivity contribution in [2.45, 2.75) is 44.4 Å². The number of unbranched alkanes of at least 4 members (excludes halogenated alkanes) is 2. The molecule has 1 amide bonds. The van der Waals surface area contributed by atoms with Crippen LogP contribution in [0.3, 0.4) is 0 Å². The molecular formula is C20H23NO5S. The van der Waals surface area contributed by atoms with E-state index in [9.17, 15) is 19.5 Å². The zero-order chi connectivity index (χ0) is 19.4. The van der Waals surface area contributed by atoms with E-state index in [-0.39, 0.29) is 35.8 Å². The van der Waals surface area contributed by atoms with Gasteiger partial charge in [-0.3, -0.25) is 14.5 Å². The van der Waals surface area contributed by atoms with Gasteiger partial charge in [0.2, 0.25) is 5.91 Å². The lowest BCUT2D eigenvalue weighted by Crippen LogP contribution is -2.57. The molecule has 0 saturated carbocycles. The smallest absolute Gasteiger partial charge is 0.353 e. The highest BCUT2D eigenvalue weighted by Gasteiger charge is 2.56. The van der Waals surface area contributed by atoms with Crippen LogP contribution >= 0.6 is 11.8 Å². The van der Waals surface area contributed by atoms with E-state index in [1.165, 1.54) is 16.7 Å². The molecule has 6 nitrogen and oxygen atoms in total. The molecule has 0 unspecified atom stereocenters. The number of carbonyl (C=O) groups is 3. The highest BCUT2D eigenvalue weighted by Crippen LogP contribution is 2.50. The van der Waals surface area contributed by atoms with Gasteiger partial charge in [0.05, 0.1) is 16.2 Å². The number of hydrogen-bond acceptors (Lipinski definition) is 5. The minimum atomic E-state index is -1.14. The molecule has 0 aromatic heterocycles. The Morgan fingerprint density at radius 2 is 1.96 bits per heavy atom. The molecule has 0 aliphatic carbocycles. The predicted octanol–water partition coefficient (Wildman–Crippen LogP) is 3.43. The maximum absolute atomic E-state index is 12.5. The van der Waals surface area contributed by atoms with E-state index in [0.29, 0.717) is 17.1 Å². The zero-order valence-corrected chi connectivity index (χ0v) is 16.0. The molecule has 0 radical (unpaired) electrons. The molecule has 0 bridgehead atoms. The van der Waals surface area contributed by atoms with Crippen molar-refractivity contribution in [3.05, 3.63) is 40.9 Å². The molecule has 144 valence electrons. The van der Waals surface area contributed by atoms with Crippen LogP contribution in [0.2, 0.25) is 0 Å². The lowest BCUT2D eigenvalue weighted by molar-refractivity contribution is -0.153. The molecule has 27 heavy (non-hydrogen) atoms. The summed E-state index contributed by atoms with van der Waals surface area (Å²) < 4.78 is 5.66. The molecule has 1 aromatic carbocycles. The Morgan fingerprint density at radius 1 is 1.22 bits per heavy atom. The van der Waals surface area contributed by atoms with Gasteiger partial charge in [-0.2, -0.15) is 0 Å². The number of nitrogens with zero attached hydrogens (tertiary/aromatic N) is 1. The van der Waals surface area contributed by atoms with Gasteiger partial charge in [-0.15, -0.1) is 0 Å². The summed E-state index contributed by atoms with van der Waals surface area (Å²) in [5.41, 5.74) is -0.0133. The minimum Gasteiger partial charge on any atom is -0.488 e. The summed E-state index contributed by atoms with van der Waals surface area (Å²) in [6.07, 6.45) is 3.56. The van der Waals surface area contributed by atoms with Crippen LogP contribution in [0.4, 0.5) is 0 Å². The van der Waals surface area contributed by atoms with Gasteiger partial charge in [0.1, 0.15) is 23.8 Å². The number of thioether (sulfide) groups is 1. The third-order valence-electron chi connectivity index (χ3n) is 4.74. The van der Waals surface area contributed by atoms with Crippen molar-refractivity contribution >= 4 is 29.4 Å². The van der Waals surface area contributed by atoms with Crippen LogP contribution < -0.4 is 4.74 Å². The number of Topliss-reactive ketones (excluding diaryl/α,β-unsaturated/α-hetero) is 1. The zero-order valence-electron chi connectivity index (χ0n) is 15.2.